The number of nitrogens with zero attached hydrogens (tertiary/aromatic N) is 2. The van der Waals surface area contributed by atoms with Gasteiger partial charge in [0.25, 0.3) is 10.0 Å². The van der Waals surface area contributed by atoms with Crippen molar-refractivity contribution < 1.29 is 18.0 Å². The number of anilines is 1. The van der Waals surface area contributed by atoms with E-state index in [0.717, 1.165) is 31.0 Å². The Morgan fingerprint density at radius 3 is 2.15 bits per heavy atom. The molecule has 0 saturated heterocycles. The molecule has 0 fully saturated rings. The first kappa shape index (κ1) is 35.2. The molecule has 4 aromatic rings. The molecule has 0 aliphatic rings. The van der Waals surface area contributed by atoms with E-state index in [0.29, 0.717) is 11.4 Å². The van der Waals surface area contributed by atoms with E-state index < -0.39 is 28.5 Å². The van der Waals surface area contributed by atoms with Crippen molar-refractivity contribution in [3.05, 3.63) is 129 Å². The van der Waals surface area contributed by atoms with Gasteiger partial charge in [-0.15, -0.1) is 0 Å². The van der Waals surface area contributed by atoms with Crippen LogP contribution in [0.3, 0.4) is 0 Å². The number of sulfonamides is 1. The second-order valence-corrected chi connectivity index (χ2v) is 14.6. The van der Waals surface area contributed by atoms with E-state index in [2.05, 4.69) is 21.2 Å². The monoisotopic (exact) mass is 723 g/mol. The van der Waals surface area contributed by atoms with Crippen LogP contribution in [0.5, 0.6) is 0 Å². The molecular formula is C36H39BrClN3O4S. The highest BCUT2D eigenvalue weighted by Crippen LogP contribution is 2.29. The lowest BCUT2D eigenvalue weighted by Gasteiger charge is -2.34. The maximum atomic E-state index is 14.6. The second kappa shape index (κ2) is 15.8. The average Bonchev–Trinajstić information content (AvgIpc) is 3.04. The number of rotatable bonds is 13. The van der Waals surface area contributed by atoms with Gasteiger partial charge in [-0.1, -0.05) is 101 Å². The minimum Gasteiger partial charge on any atom is -0.352 e. The number of benzene rings is 4. The van der Waals surface area contributed by atoms with Crippen molar-refractivity contribution in [3.63, 3.8) is 0 Å². The smallest absolute Gasteiger partial charge is 0.264 e. The number of carbonyl (C=O) groups is 2. The van der Waals surface area contributed by atoms with Gasteiger partial charge in [-0.25, -0.2) is 8.42 Å². The molecule has 46 heavy (non-hydrogen) atoms. The van der Waals surface area contributed by atoms with Crippen LogP contribution in [-0.4, -0.2) is 43.8 Å². The summed E-state index contributed by atoms with van der Waals surface area (Å²) in [4.78, 5) is 30.0. The lowest BCUT2D eigenvalue weighted by atomic mass is 10.0. The number of aryl methyl sites for hydroxylation is 2. The quantitative estimate of drug-likeness (QED) is 0.155. The Hall–Kier alpha value is -3.66. The van der Waals surface area contributed by atoms with E-state index in [1.807, 2.05) is 82.3 Å². The van der Waals surface area contributed by atoms with E-state index in [-0.39, 0.29) is 35.5 Å². The molecule has 0 saturated carbocycles. The molecule has 0 radical (unpaired) electrons. The third-order valence-corrected chi connectivity index (χ3v) is 10.6. The van der Waals surface area contributed by atoms with Crippen molar-refractivity contribution in [1.29, 1.82) is 0 Å². The highest BCUT2D eigenvalue weighted by Gasteiger charge is 2.35. The Labute approximate surface area is 285 Å². The van der Waals surface area contributed by atoms with E-state index in [4.69, 9.17) is 11.6 Å². The standard InChI is InChI=1S/C36H39BrClN3O4S/c1-5-27(4)39-36(43)34(21-28-9-7-6-8-10-28)40(23-29-14-16-30(37)17-15-29)35(42)24-41(31-18-13-26(3)33(38)22-31)46(44,45)32-19-11-25(2)12-20-32/h6-20,22,27,34H,5,21,23-24H2,1-4H3,(H,39,43)/t27-,34+/m0/s1. The van der Waals surface area contributed by atoms with E-state index in [1.54, 1.807) is 30.3 Å². The van der Waals surface area contributed by atoms with Gasteiger partial charge in [-0.2, -0.15) is 0 Å². The van der Waals surface area contributed by atoms with Crippen LogP contribution in [-0.2, 0) is 32.6 Å². The zero-order valence-corrected chi connectivity index (χ0v) is 29.6. The van der Waals surface area contributed by atoms with Crippen molar-refractivity contribution in [2.75, 3.05) is 10.8 Å². The van der Waals surface area contributed by atoms with Crippen LogP contribution in [0.15, 0.2) is 106 Å². The zero-order chi connectivity index (χ0) is 33.4. The summed E-state index contributed by atoms with van der Waals surface area (Å²) >= 11 is 9.93. The van der Waals surface area contributed by atoms with Gasteiger partial charge in [0.15, 0.2) is 0 Å². The first-order chi connectivity index (χ1) is 21.9. The van der Waals surface area contributed by atoms with Crippen LogP contribution in [0, 0.1) is 13.8 Å². The summed E-state index contributed by atoms with van der Waals surface area (Å²) in [6, 6.07) is 27.3. The minimum atomic E-state index is -4.21. The highest BCUT2D eigenvalue weighted by atomic mass is 79.9. The SMILES string of the molecule is CC[C@H](C)NC(=O)[C@@H](Cc1ccccc1)N(Cc1ccc(Br)cc1)C(=O)CN(c1ccc(C)c(Cl)c1)S(=O)(=O)c1ccc(C)cc1. The van der Waals surface area contributed by atoms with Gasteiger partial charge in [0.2, 0.25) is 11.8 Å². The van der Waals surface area contributed by atoms with Crippen LogP contribution < -0.4 is 9.62 Å². The van der Waals surface area contributed by atoms with Crippen LogP contribution in [0.1, 0.15) is 42.5 Å². The van der Waals surface area contributed by atoms with Crippen molar-refractivity contribution >= 4 is 55.1 Å². The van der Waals surface area contributed by atoms with Gasteiger partial charge >= 0.3 is 0 Å². The van der Waals surface area contributed by atoms with Gasteiger partial charge in [-0.05, 0) is 80.3 Å². The molecule has 0 heterocycles. The largest absolute Gasteiger partial charge is 0.352 e. The Morgan fingerprint density at radius 1 is 0.891 bits per heavy atom. The molecule has 7 nitrogen and oxygen atoms in total. The molecule has 0 aromatic heterocycles. The predicted molar refractivity (Wildman–Crippen MR) is 188 cm³/mol. The molecule has 0 aliphatic carbocycles. The summed E-state index contributed by atoms with van der Waals surface area (Å²) in [5.74, 6) is -0.842. The van der Waals surface area contributed by atoms with Gasteiger partial charge < -0.3 is 10.2 Å². The fourth-order valence-electron chi connectivity index (χ4n) is 4.88. The van der Waals surface area contributed by atoms with Crippen LogP contribution >= 0.6 is 27.5 Å². The van der Waals surface area contributed by atoms with E-state index >= 15 is 0 Å². The summed E-state index contributed by atoms with van der Waals surface area (Å²) in [6.07, 6.45) is 0.952. The second-order valence-electron chi connectivity index (χ2n) is 11.4. The molecular weight excluding hydrogens is 686 g/mol. The lowest BCUT2D eigenvalue weighted by molar-refractivity contribution is -0.140. The first-order valence-electron chi connectivity index (χ1n) is 15.1. The molecule has 0 spiro atoms. The fourth-order valence-corrected chi connectivity index (χ4v) is 6.73. The Bertz CT molecular complexity index is 1750. The van der Waals surface area contributed by atoms with Crippen molar-refractivity contribution in [2.24, 2.45) is 0 Å². The molecule has 0 bridgehead atoms. The average molecular weight is 725 g/mol. The van der Waals surface area contributed by atoms with Gasteiger partial charge in [0.05, 0.1) is 10.6 Å². The number of hydrogen-bond donors (Lipinski definition) is 1. The summed E-state index contributed by atoms with van der Waals surface area (Å²) in [5, 5.41) is 3.42. The van der Waals surface area contributed by atoms with Gasteiger partial charge in [0, 0.05) is 28.5 Å². The summed E-state index contributed by atoms with van der Waals surface area (Å²) in [5.41, 5.74) is 3.58. The molecule has 0 unspecified atom stereocenters. The molecule has 4 aromatic carbocycles. The Balaban J connectivity index is 1.82. The van der Waals surface area contributed by atoms with E-state index in [1.165, 1.54) is 17.0 Å². The van der Waals surface area contributed by atoms with Crippen molar-refractivity contribution in [2.45, 2.75) is 64.1 Å². The maximum absolute atomic E-state index is 14.6. The van der Waals surface area contributed by atoms with Crippen molar-refractivity contribution in [1.82, 2.24) is 10.2 Å². The third kappa shape index (κ3) is 8.99. The predicted octanol–water partition coefficient (Wildman–Crippen LogP) is 7.47. The zero-order valence-electron chi connectivity index (χ0n) is 26.4. The number of amides is 2. The molecule has 2 amide bonds. The lowest BCUT2D eigenvalue weighted by Crippen LogP contribution is -2.54. The fraction of sp³-hybridized carbons (Fsp3) is 0.278. The summed E-state index contributed by atoms with van der Waals surface area (Å²) in [7, 11) is -4.21. The third-order valence-electron chi connectivity index (χ3n) is 7.87. The molecule has 1 N–H and O–H groups in total. The summed E-state index contributed by atoms with van der Waals surface area (Å²) < 4.78 is 30.3. The summed E-state index contributed by atoms with van der Waals surface area (Å²) in [6.45, 7) is 7.12. The molecule has 2 atom stereocenters. The molecule has 242 valence electrons. The van der Waals surface area contributed by atoms with Crippen LogP contribution in [0.2, 0.25) is 5.02 Å². The molecule has 0 aliphatic heterocycles. The number of hydrogen-bond acceptors (Lipinski definition) is 4. The minimum absolute atomic E-state index is 0.0393. The Morgan fingerprint density at radius 2 is 1.54 bits per heavy atom. The topological polar surface area (TPSA) is 86.8 Å². The van der Waals surface area contributed by atoms with Crippen molar-refractivity contribution in [3.8, 4) is 0 Å². The normalized spacial score (nSPS) is 12.7. The first-order valence-corrected chi connectivity index (χ1v) is 17.7. The number of carbonyl (C=O) groups excluding carboxylic acids is 2. The number of halogens is 2. The maximum Gasteiger partial charge on any atom is 0.264 e. The van der Waals surface area contributed by atoms with Crippen LogP contribution in [0.4, 0.5) is 5.69 Å². The van der Waals surface area contributed by atoms with E-state index in [9.17, 15) is 18.0 Å². The molecule has 10 heteroatoms. The molecule has 4 rings (SSSR count). The van der Waals surface area contributed by atoms with Gasteiger partial charge in [0.1, 0.15) is 12.6 Å². The van der Waals surface area contributed by atoms with Crippen LogP contribution in [0.25, 0.3) is 0 Å². The Kier molecular flexibility index (Phi) is 12.1. The number of nitrogens with one attached hydrogen (secondary N) is 1. The highest BCUT2D eigenvalue weighted by molar-refractivity contribution is 9.10. The van der Waals surface area contributed by atoms with Gasteiger partial charge in [-0.3, -0.25) is 13.9 Å².